The lowest BCUT2D eigenvalue weighted by molar-refractivity contribution is -0.00381. The number of hydrogen-bond donors (Lipinski definition) is 0. The zero-order valence-corrected chi connectivity index (χ0v) is 10.1. The van der Waals surface area contributed by atoms with E-state index in [2.05, 4.69) is 13.8 Å². The molecule has 0 aromatic carbocycles. The minimum absolute atomic E-state index is 0.686. The smallest absolute Gasteiger partial charge is 0.0272 e. The Morgan fingerprint density at radius 3 is 1.07 bits per heavy atom. The van der Waals surface area contributed by atoms with Gasteiger partial charge < -0.3 is 0 Å². The molecule has 0 saturated heterocycles. The Labute approximate surface area is 89.5 Å². The molecule has 0 heteroatoms. The summed E-state index contributed by atoms with van der Waals surface area (Å²) in [6, 6.07) is 0. The molecular weight excluding hydrogens is 168 g/mol. The predicted octanol–water partition coefficient (Wildman–Crippen LogP) is 4.93. The van der Waals surface area contributed by atoms with Crippen molar-refractivity contribution in [3.05, 3.63) is 0 Å². The van der Waals surface area contributed by atoms with Crippen LogP contribution >= 0.6 is 0 Å². The van der Waals surface area contributed by atoms with Crippen molar-refractivity contribution >= 4 is 0 Å². The normalized spacial score (nSPS) is 31.3. The van der Waals surface area contributed by atoms with Gasteiger partial charge in [-0.2, -0.15) is 0 Å². The van der Waals surface area contributed by atoms with Crippen molar-refractivity contribution in [3.63, 3.8) is 0 Å². The van der Waals surface area contributed by atoms with E-state index >= 15 is 0 Å². The largest absolute Gasteiger partial charge is 0.0591 e. The molecule has 2 fully saturated rings. The summed E-state index contributed by atoms with van der Waals surface area (Å²) in [5, 5.41) is 0. The molecule has 0 bridgehead atoms. The van der Waals surface area contributed by atoms with Crippen LogP contribution in [0.4, 0.5) is 0 Å². The van der Waals surface area contributed by atoms with Gasteiger partial charge in [-0.1, -0.05) is 52.4 Å². The van der Waals surface area contributed by atoms with Crippen LogP contribution in [0, 0.1) is 10.8 Å². The summed E-state index contributed by atoms with van der Waals surface area (Å²) in [6.45, 7) is 5.16. The lowest BCUT2D eigenvalue weighted by Crippen LogP contribution is -2.40. The van der Waals surface area contributed by atoms with Crippen LogP contribution in [0.25, 0.3) is 0 Å². The van der Waals surface area contributed by atoms with E-state index in [4.69, 9.17) is 0 Å². The molecule has 82 valence electrons. The minimum atomic E-state index is 0.686. The van der Waals surface area contributed by atoms with Crippen LogP contribution in [0.15, 0.2) is 0 Å². The summed E-state index contributed by atoms with van der Waals surface area (Å²) in [6.07, 6.45) is 15.0. The number of hydrogen-bond acceptors (Lipinski definition) is 0. The second-order valence-corrected chi connectivity index (χ2v) is 6.24. The van der Waals surface area contributed by atoms with E-state index in [9.17, 15) is 0 Å². The fourth-order valence-electron chi connectivity index (χ4n) is 3.87. The van der Waals surface area contributed by atoms with Crippen molar-refractivity contribution in [1.29, 1.82) is 0 Å². The van der Waals surface area contributed by atoms with E-state index in [0.29, 0.717) is 10.8 Å². The highest BCUT2D eigenvalue weighted by Crippen LogP contribution is 2.56. The van der Waals surface area contributed by atoms with E-state index < -0.39 is 0 Å². The van der Waals surface area contributed by atoms with Crippen molar-refractivity contribution in [2.75, 3.05) is 0 Å². The Morgan fingerprint density at radius 2 is 0.786 bits per heavy atom. The highest BCUT2D eigenvalue weighted by atomic mass is 14.5. The van der Waals surface area contributed by atoms with Gasteiger partial charge in [0.2, 0.25) is 0 Å². The zero-order valence-electron chi connectivity index (χ0n) is 10.1. The van der Waals surface area contributed by atoms with Gasteiger partial charge in [-0.05, 0) is 36.5 Å². The minimum Gasteiger partial charge on any atom is -0.0591 e. The molecule has 0 nitrogen and oxygen atoms in total. The molecule has 0 heterocycles. The predicted molar refractivity (Wildman–Crippen MR) is 62.4 cm³/mol. The Balaban J connectivity index is 2.09. The fourth-order valence-corrected chi connectivity index (χ4v) is 3.87. The molecule has 2 saturated carbocycles. The first kappa shape index (κ1) is 10.5. The average molecular weight is 194 g/mol. The van der Waals surface area contributed by atoms with E-state index in [1.807, 2.05) is 0 Å². The van der Waals surface area contributed by atoms with E-state index in [1.54, 1.807) is 0 Å². The third-order valence-electron chi connectivity index (χ3n) is 5.37. The third kappa shape index (κ3) is 1.73. The average Bonchev–Trinajstić information content (AvgIpc) is 2.20. The van der Waals surface area contributed by atoms with E-state index in [1.165, 1.54) is 64.2 Å². The van der Waals surface area contributed by atoms with Crippen LogP contribution in [0.1, 0.15) is 78.1 Å². The van der Waals surface area contributed by atoms with Crippen LogP contribution < -0.4 is 0 Å². The quantitative estimate of drug-likeness (QED) is 0.555. The maximum Gasteiger partial charge on any atom is -0.0272 e. The van der Waals surface area contributed by atoms with Gasteiger partial charge in [0.15, 0.2) is 0 Å². The molecule has 0 aromatic heterocycles. The molecule has 14 heavy (non-hydrogen) atoms. The molecule has 0 amide bonds. The van der Waals surface area contributed by atoms with Gasteiger partial charge in [-0.25, -0.2) is 0 Å². The van der Waals surface area contributed by atoms with Gasteiger partial charge in [0.1, 0.15) is 0 Å². The van der Waals surface area contributed by atoms with Gasteiger partial charge in [0.05, 0.1) is 0 Å². The lowest BCUT2D eigenvalue weighted by atomic mass is 9.54. The molecule has 0 unspecified atom stereocenters. The Hall–Kier alpha value is 0. The van der Waals surface area contributed by atoms with Gasteiger partial charge in [0.25, 0.3) is 0 Å². The third-order valence-corrected chi connectivity index (χ3v) is 5.37. The van der Waals surface area contributed by atoms with Gasteiger partial charge in [-0.3, -0.25) is 0 Å². The van der Waals surface area contributed by atoms with Crippen LogP contribution in [0.2, 0.25) is 0 Å². The van der Waals surface area contributed by atoms with Gasteiger partial charge in [0, 0.05) is 0 Å². The molecule has 0 aromatic rings. The van der Waals surface area contributed by atoms with Crippen LogP contribution in [0.5, 0.6) is 0 Å². The molecule has 2 aliphatic carbocycles. The second-order valence-electron chi connectivity index (χ2n) is 6.24. The summed E-state index contributed by atoms with van der Waals surface area (Å²) < 4.78 is 0. The Kier molecular flexibility index (Phi) is 2.91. The van der Waals surface area contributed by atoms with Crippen LogP contribution in [0.3, 0.4) is 0 Å². The molecule has 0 spiro atoms. The van der Waals surface area contributed by atoms with Crippen molar-refractivity contribution in [3.8, 4) is 0 Å². The molecule has 2 aliphatic rings. The van der Waals surface area contributed by atoms with Crippen molar-refractivity contribution < 1.29 is 0 Å². The standard InChI is InChI=1S/C14H26/c1-13(9-5-3-6-10-13)14(2)11-7-4-8-12-14/h3-12H2,1-2H3. The summed E-state index contributed by atoms with van der Waals surface area (Å²) in [5.74, 6) is 0. The van der Waals surface area contributed by atoms with Gasteiger partial charge >= 0.3 is 0 Å². The number of rotatable bonds is 1. The van der Waals surface area contributed by atoms with E-state index in [-0.39, 0.29) is 0 Å². The van der Waals surface area contributed by atoms with Crippen LogP contribution in [-0.2, 0) is 0 Å². The maximum absolute atomic E-state index is 2.58. The van der Waals surface area contributed by atoms with Crippen LogP contribution in [-0.4, -0.2) is 0 Å². The second kappa shape index (κ2) is 3.87. The molecule has 0 aliphatic heterocycles. The molecule has 0 N–H and O–H groups in total. The summed E-state index contributed by atoms with van der Waals surface area (Å²) in [4.78, 5) is 0. The van der Waals surface area contributed by atoms with Crippen molar-refractivity contribution in [2.24, 2.45) is 10.8 Å². The molecular formula is C14H26. The molecule has 2 rings (SSSR count). The summed E-state index contributed by atoms with van der Waals surface area (Å²) >= 11 is 0. The SMILES string of the molecule is CC1(C2(C)CCCCC2)CCCCC1. The maximum atomic E-state index is 2.58. The highest BCUT2D eigenvalue weighted by Gasteiger charge is 2.44. The Bertz CT molecular complexity index is 158. The first-order chi connectivity index (χ1) is 6.66. The fraction of sp³-hybridized carbons (Fsp3) is 1.00. The first-order valence-electron chi connectivity index (χ1n) is 6.66. The summed E-state index contributed by atoms with van der Waals surface area (Å²) in [5.41, 5.74) is 1.37. The topological polar surface area (TPSA) is 0 Å². The Morgan fingerprint density at radius 1 is 0.500 bits per heavy atom. The molecule has 0 atom stereocenters. The lowest BCUT2D eigenvalue weighted by Gasteiger charge is -2.51. The van der Waals surface area contributed by atoms with Crippen molar-refractivity contribution in [1.82, 2.24) is 0 Å². The van der Waals surface area contributed by atoms with E-state index in [0.717, 1.165) is 0 Å². The first-order valence-corrected chi connectivity index (χ1v) is 6.66. The monoisotopic (exact) mass is 194 g/mol. The van der Waals surface area contributed by atoms with Crippen molar-refractivity contribution in [2.45, 2.75) is 78.1 Å². The van der Waals surface area contributed by atoms with Gasteiger partial charge in [-0.15, -0.1) is 0 Å². The molecule has 0 radical (unpaired) electrons. The zero-order chi connectivity index (χ0) is 10.1. The summed E-state index contributed by atoms with van der Waals surface area (Å²) in [7, 11) is 0. The highest BCUT2D eigenvalue weighted by molar-refractivity contribution is 4.95.